The SMILES string of the molecule is COc1cc(Br)c(CS(=O)(=O)Cl)c(OC)c1. The molecule has 0 aliphatic rings. The minimum absolute atomic E-state index is 0.303. The Morgan fingerprint density at radius 2 is 1.94 bits per heavy atom. The molecule has 1 rings (SSSR count). The van der Waals surface area contributed by atoms with E-state index in [1.165, 1.54) is 14.2 Å². The topological polar surface area (TPSA) is 52.6 Å². The molecule has 0 fully saturated rings. The van der Waals surface area contributed by atoms with Gasteiger partial charge in [0.05, 0.1) is 20.0 Å². The van der Waals surface area contributed by atoms with Crippen LogP contribution >= 0.6 is 26.6 Å². The smallest absolute Gasteiger partial charge is 0.236 e. The van der Waals surface area contributed by atoms with E-state index in [-0.39, 0.29) is 5.75 Å². The molecular weight excluding hydrogens is 320 g/mol. The predicted molar refractivity (Wildman–Crippen MR) is 65.7 cm³/mol. The van der Waals surface area contributed by atoms with E-state index in [9.17, 15) is 8.42 Å². The zero-order chi connectivity index (χ0) is 12.3. The second-order valence-electron chi connectivity index (χ2n) is 2.97. The van der Waals surface area contributed by atoms with Crippen molar-refractivity contribution in [1.82, 2.24) is 0 Å². The van der Waals surface area contributed by atoms with Crippen molar-refractivity contribution >= 4 is 35.7 Å². The predicted octanol–water partition coefficient (Wildman–Crippen LogP) is 2.53. The number of methoxy groups -OCH3 is 2. The van der Waals surface area contributed by atoms with Gasteiger partial charge in [0.1, 0.15) is 11.5 Å². The fraction of sp³-hybridized carbons (Fsp3) is 0.333. The first-order chi connectivity index (χ1) is 7.37. The van der Waals surface area contributed by atoms with Crippen LogP contribution in [0.25, 0.3) is 0 Å². The standard InChI is InChI=1S/C9H10BrClO4S/c1-14-6-3-8(10)7(5-16(11,12)13)9(4-6)15-2/h3-4H,5H2,1-2H3. The Bertz CT molecular complexity index is 487. The van der Waals surface area contributed by atoms with Crippen molar-refractivity contribution in [2.24, 2.45) is 0 Å². The van der Waals surface area contributed by atoms with Crippen LogP contribution in [0.5, 0.6) is 11.5 Å². The van der Waals surface area contributed by atoms with Crippen LogP contribution in [-0.2, 0) is 14.8 Å². The maximum Gasteiger partial charge on any atom is 0.236 e. The Morgan fingerprint density at radius 1 is 1.31 bits per heavy atom. The van der Waals surface area contributed by atoms with Gasteiger partial charge in [-0.05, 0) is 6.07 Å². The van der Waals surface area contributed by atoms with Gasteiger partial charge in [-0.2, -0.15) is 0 Å². The fourth-order valence-electron chi connectivity index (χ4n) is 1.20. The van der Waals surface area contributed by atoms with Crippen molar-refractivity contribution in [3.8, 4) is 11.5 Å². The molecule has 1 aromatic rings. The second-order valence-corrected chi connectivity index (χ2v) is 6.60. The van der Waals surface area contributed by atoms with Crippen LogP contribution < -0.4 is 9.47 Å². The third-order valence-corrected chi connectivity index (χ3v) is 3.57. The molecule has 1 aromatic carbocycles. The van der Waals surface area contributed by atoms with Crippen molar-refractivity contribution in [3.05, 3.63) is 22.2 Å². The Balaban J connectivity index is 3.27. The number of hydrogen-bond donors (Lipinski definition) is 0. The lowest BCUT2D eigenvalue weighted by Crippen LogP contribution is -2.00. The van der Waals surface area contributed by atoms with Gasteiger partial charge in [0.2, 0.25) is 9.05 Å². The normalized spacial score (nSPS) is 11.2. The highest BCUT2D eigenvalue weighted by Gasteiger charge is 2.16. The van der Waals surface area contributed by atoms with Crippen molar-refractivity contribution in [3.63, 3.8) is 0 Å². The van der Waals surface area contributed by atoms with E-state index >= 15 is 0 Å². The summed E-state index contributed by atoms with van der Waals surface area (Å²) in [5, 5.41) is 0. The summed E-state index contributed by atoms with van der Waals surface area (Å²) >= 11 is 3.25. The molecule has 0 aliphatic carbocycles. The van der Waals surface area contributed by atoms with E-state index in [4.69, 9.17) is 20.2 Å². The maximum atomic E-state index is 11.0. The van der Waals surface area contributed by atoms with Crippen molar-refractivity contribution in [2.75, 3.05) is 14.2 Å². The lowest BCUT2D eigenvalue weighted by atomic mass is 10.2. The maximum absolute atomic E-state index is 11.0. The first-order valence-electron chi connectivity index (χ1n) is 4.20. The zero-order valence-corrected chi connectivity index (χ0v) is 11.8. The van der Waals surface area contributed by atoms with Gasteiger partial charge in [-0.3, -0.25) is 0 Å². The molecule has 7 heteroatoms. The van der Waals surface area contributed by atoms with Crippen molar-refractivity contribution in [2.45, 2.75) is 5.75 Å². The molecule has 90 valence electrons. The van der Waals surface area contributed by atoms with E-state index in [0.29, 0.717) is 21.5 Å². The molecule has 16 heavy (non-hydrogen) atoms. The molecule has 0 radical (unpaired) electrons. The van der Waals surface area contributed by atoms with Gasteiger partial charge in [-0.25, -0.2) is 8.42 Å². The first kappa shape index (κ1) is 13.6. The molecule has 0 N–H and O–H groups in total. The largest absolute Gasteiger partial charge is 0.497 e. The summed E-state index contributed by atoms with van der Waals surface area (Å²) in [4.78, 5) is 0. The third kappa shape index (κ3) is 3.54. The number of benzene rings is 1. The summed E-state index contributed by atoms with van der Waals surface area (Å²) < 4.78 is 32.8. The van der Waals surface area contributed by atoms with Gasteiger partial charge in [0.25, 0.3) is 0 Å². The molecule has 0 spiro atoms. The molecule has 0 heterocycles. The molecule has 0 atom stereocenters. The Labute approximate surface area is 107 Å². The molecule has 0 amide bonds. The lowest BCUT2D eigenvalue weighted by molar-refractivity contribution is 0.391. The summed E-state index contributed by atoms with van der Waals surface area (Å²) in [6.45, 7) is 0. The van der Waals surface area contributed by atoms with Crippen LogP contribution in [0.4, 0.5) is 0 Å². The van der Waals surface area contributed by atoms with E-state index in [2.05, 4.69) is 15.9 Å². The number of hydrogen-bond acceptors (Lipinski definition) is 4. The lowest BCUT2D eigenvalue weighted by Gasteiger charge is -2.11. The van der Waals surface area contributed by atoms with Gasteiger partial charge in [0, 0.05) is 26.8 Å². The highest BCUT2D eigenvalue weighted by atomic mass is 79.9. The van der Waals surface area contributed by atoms with Crippen LogP contribution in [0, 0.1) is 0 Å². The number of halogens is 2. The first-order valence-corrected chi connectivity index (χ1v) is 7.47. The van der Waals surface area contributed by atoms with E-state index in [0.717, 1.165) is 0 Å². The van der Waals surface area contributed by atoms with Crippen LogP contribution in [0.3, 0.4) is 0 Å². The highest BCUT2D eigenvalue weighted by molar-refractivity contribution is 9.10. The Morgan fingerprint density at radius 3 is 2.38 bits per heavy atom. The Kier molecular flexibility index (Phi) is 4.46. The van der Waals surface area contributed by atoms with Crippen LogP contribution in [0.15, 0.2) is 16.6 Å². The summed E-state index contributed by atoms with van der Waals surface area (Å²) in [6, 6.07) is 3.25. The molecule has 0 saturated carbocycles. The monoisotopic (exact) mass is 328 g/mol. The van der Waals surface area contributed by atoms with E-state index < -0.39 is 9.05 Å². The molecule has 0 unspecified atom stereocenters. The van der Waals surface area contributed by atoms with Crippen LogP contribution in [-0.4, -0.2) is 22.6 Å². The van der Waals surface area contributed by atoms with Gasteiger partial charge in [-0.1, -0.05) is 15.9 Å². The zero-order valence-electron chi connectivity index (χ0n) is 8.66. The minimum atomic E-state index is -3.63. The second kappa shape index (κ2) is 5.25. The van der Waals surface area contributed by atoms with Crippen molar-refractivity contribution in [1.29, 1.82) is 0 Å². The van der Waals surface area contributed by atoms with E-state index in [1.54, 1.807) is 12.1 Å². The summed E-state index contributed by atoms with van der Waals surface area (Å²) in [7, 11) is 4.54. The van der Waals surface area contributed by atoms with Crippen molar-refractivity contribution < 1.29 is 17.9 Å². The molecule has 0 bridgehead atoms. The number of ether oxygens (including phenoxy) is 2. The molecule has 0 saturated heterocycles. The van der Waals surface area contributed by atoms with Gasteiger partial charge < -0.3 is 9.47 Å². The molecule has 0 aromatic heterocycles. The third-order valence-electron chi connectivity index (χ3n) is 1.90. The molecular formula is C9H10BrClO4S. The van der Waals surface area contributed by atoms with Gasteiger partial charge in [-0.15, -0.1) is 0 Å². The number of rotatable bonds is 4. The summed E-state index contributed by atoms with van der Waals surface area (Å²) in [5.41, 5.74) is 0.471. The molecule has 4 nitrogen and oxygen atoms in total. The highest BCUT2D eigenvalue weighted by Crippen LogP contribution is 2.34. The minimum Gasteiger partial charge on any atom is -0.497 e. The van der Waals surface area contributed by atoms with Gasteiger partial charge >= 0.3 is 0 Å². The van der Waals surface area contributed by atoms with Gasteiger partial charge in [0.15, 0.2) is 0 Å². The average molecular weight is 330 g/mol. The van der Waals surface area contributed by atoms with E-state index in [1.807, 2.05) is 0 Å². The summed E-state index contributed by atoms with van der Waals surface area (Å²) in [6.07, 6.45) is 0. The average Bonchev–Trinajstić information content (AvgIpc) is 2.19. The van der Waals surface area contributed by atoms with Crippen LogP contribution in [0.1, 0.15) is 5.56 Å². The van der Waals surface area contributed by atoms with Crippen LogP contribution in [0.2, 0.25) is 0 Å². The quantitative estimate of drug-likeness (QED) is 0.797. The summed E-state index contributed by atoms with van der Waals surface area (Å²) in [5.74, 6) is 0.678. The fourth-order valence-corrected chi connectivity index (χ4v) is 2.92. The Hall–Kier alpha value is -0.460. The molecule has 0 aliphatic heterocycles.